The molecular weight excluding hydrogens is 573 g/mol. The number of hydrogen-bond acceptors (Lipinski definition) is 8. The van der Waals surface area contributed by atoms with E-state index in [1.807, 2.05) is 0 Å². The number of benzene rings is 1. The molecule has 1 aromatic carbocycles. The van der Waals surface area contributed by atoms with Crippen LogP contribution >= 0.6 is 11.6 Å². The Kier molecular flexibility index (Phi) is 7.03. The van der Waals surface area contributed by atoms with E-state index < -0.39 is 33.1 Å². The number of carbonyl (C=O) groups is 1. The summed E-state index contributed by atoms with van der Waals surface area (Å²) >= 11 is 6.29. The van der Waals surface area contributed by atoms with Crippen LogP contribution in [-0.2, 0) is 26.8 Å². The van der Waals surface area contributed by atoms with Crippen molar-refractivity contribution in [2.75, 3.05) is 11.6 Å². The maximum absolute atomic E-state index is 14.2. The quantitative estimate of drug-likeness (QED) is 0.281. The van der Waals surface area contributed by atoms with Crippen molar-refractivity contribution in [1.82, 2.24) is 34.7 Å². The van der Waals surface area contributed by atoms with Crippen molar-refractivity contribution in [1.29, 1.82) is 0 Å². The lowest BCUT2D eigenvalue weighted by atomic mass is 10.1. The largest absolute Gasteiger partial charge is 0.434 e. The molecule has 16 heteroatoms. The van der Waals surface area contributed by atoms with Crippen molar-refractivity contribution < 1.29 is 26.4 Å². The molecular formula is C24H18ClF3N8O3S. The van der Waals surface area contributed by atoms with Crippen LogP contribution in [-0.4, -0.2) is 57.0 Å². The normalized spacial score (nSPS) is 13.3. The fourth-order valence-corrected chi connectivity index (χ4v) is 4.35. The Labute approximate surface area is 229 Å². The maximum atomic E-state index is 14.2. The second-order valence-corrected chi connectivity index (χ2v) is 11.0. The summed E-state index contributed by atoms with van der Waals surface area (Å²) in [6.07, 6.45) is 1.30. The first kappa shape index (κ1) is 27.2. The average Bonchev–Trinajstić information content (AvgIpc) is 3.55. The zero-order valence-corrected chi connectivity index (χ0v) is 22.0. The summed E-state index contributed by atoms with van der Waals surface area (Å²) in [5.41, 5.74) is -1.04. The van der Waals surface area contributed by atoms with E-state index in [0.717, 1.165) is 11.0 Å². The monoisotopic (exact) mass is 590 g/mol. The van der Waals surface area contributed by atoms with Crippen molar-refractivity contribution in [3.8, 4) is 11.5 Å². The van der Waals surface area contributed by atoms with Gasteiger partial charge in [-0.1, -0.05) is 17.7 Å². The van der Waals surface area contributed by atoms with Gasteiger partial charge in [-0.15, -0.1) is 9.90 Å². The minimum Gasteiger partial charge on any atom is -0.320 e. The predicted molar refractivity (Wildman–Crippen MR) is 142 cm³/mol. The summed E-state index contributed by atoms with van der Waals surface area (Å²) in [5.74, 6) is 2.38. The van der Waals surface area contributed by atoms with Gasteiger partial charge in [0.1, 0.15) is 12.3 Å². The molecule has 0 saturated carbocycles. The molecule has 1 unspecified atom stereocenters. The molecule has 206 valence electrons. The Bertz CT molecular complexity index is 1850. The van der Waals surface area contributed by atoms with Crippen LogP contribution in [0.1, 0.15) is 21.7 Å². The van der Waals surface area contributed by atoms with Gasteiger partial charge < -0.3 is 5.32 Å². The van der Waals surface area contributed by atoms with E-state index >= 15 is 0 Å². The second-order valence-electron chi connectivity index (χ2n) is 8.46. The summed E-state index contributed by atoms with van der Waals surface area (Å²) in [6.45, 7) is -0.116. The Balaban J connectivity index is 1.42. The first-order valence-electron chi connectivity index (χ1n) is 11.2. The summed E-state index contributed by atoms with van der Waals surface area (Å²) in [6, 6.07) is 9.15. The molecule has 0 saturated heterocycles. The molecule has 0 aliphatic carbocycles. The highest BCUT2D eigenvalue weighted by Crippen LogP contribution is 2.35. The van der Waals surface area contributed by atoms with E-state index in [1.165, 1.54) is 37.0 Å². The number of nitrogens with one attached hydrogen (secondary N) is 1. The van der Waals surface area contributed by atoms with Crippen LogP contribution in [0.3, 0.4) is 0 Å². The van der Waals surface area contributed by atoms with Crippen molar-refractivity contribution in [2.45, 2.75) is 12.8 Å². The molecule has 4 heterocycles. The van der Waals surface area contributed by atoms with E-state index in [2.05, 4.69) is 36.5 Å². The Morgan fingerprint density at radius 3 is 2.67 bits per heavy atom. The van der Waals surface area contributed by atoms with Gasteiger partial charge in [0.25, 0.3) is 5.91 Å². The first-order chi connectivity index (χ1) is 18.9. The minimum absolute atomic E-state index is 0.00712. The van der Waals surface area contributed by atoms with Gasteiger partial charge in [0.15, 0.2) is 11.5 Å². The van der Waals surface area contributed by atoms with E-state index in [-0.39, 0.29) is 28.8 Å². The number of nitrogens with zero attached hydrogens (tertiary/aromatic N) is 7. The molecule has 1 amide bonds. The van der Waals surface area contributed by atoms with Crippen molar-refractivity contribution >= 4 is 49.8 Å². The Hall–Kier alpha value is -4.34. The molecule has 0 aliphatic rings. The highest BCUT2D eigenvalue weighted by Gasteiger charge is 2.41. The number of halogens is 4. The SMILES string of the molecule is C=S(C)(=O)OCc1cnn(-c2ncc(NC(=O)c3cnn(-c4cccc5ncccc45)c3C(F)(F)F)cc2Cl)n1. The van der Waals surface area contributed by atoms with Crippen LogP contribution in [0.25, 0.3) is 22.4 Å². The van der Waals surface area contributed by atoms with Crippen LogP contribution in [0.5, 0.6) is 0 Å². The number of fused-ring (bicyclic) bond motifs is 1. The average molecular weight is 591 g/mol. The van der Waals surface area contributed by atoms with E-state index in [0.29, 0.717) is 21.3 Å². The van der Waals surface area contributed by atoms with Crippen molar-refractivity contribution in [3.63, 3.8) is 0 Å². The zero-order valence-electron chi connectivity index (χ0n) is 20.5. The number of alkyl halides is 3. The second kappa shape index (κ2) is 10.3. The van der Waals surface area contributed by atoms with Crippen LogP contribution in [0, 0.1) is 0 Å². The molecule has 0 aliphatic heterocycles. The number of carbonyl (C=O) groups excluding carboxylic acids is 1. The molecule has 5 aromatic rings. The molecule has 0 fully saturated rings. The molecule has 1 N–H and O–H groups in total. The van der Waals surface area contributed by atoms with Gasteiger partial charge in [0.2, 0.25) is 0 Å². The fourth-order valence-electron chi connectivity index (χ4n) is 3.73. The number of hydrogen-bond donors (Lipinski definition) is 1. The van der Waals surface area contributed by atoms with E-state index in [4.69, 9.17) is 15.8 Å². The highest BCUT2D eigenvalue weighted by molar-refractivity contribution is 7.95. The summed E-state index contributed by atoms with van der Waals surface area (Å²) in [5, 5.41) is 14.8. The molecule has 4 aromatic heterocycles. The zero-order chi connectivity index (χ0) is 28.7. The molecule has 11 nitrogen and oxygen atoms in total. The lowest BCUT2D eigenvalue weighted by Gasteiger charge is -2.14. The van der Waals surface area contributed by atoms with Gasteiger partial charge in [0, 0.05) is 17.8 Å². The summed E-state index contributed by atoms with van der Waals surface area (Å²) in [7, 11) is -2.70. The van der Waals surface area contributed by atoms with Gasteiger partial charge in [-0.05, 0) is 36.2 Å². The van der Waals surface area contributed by atoms with E-state index in [9.17, 15) is 22.2 Å². The third-order valence-corrected chi connectivity index (χ3v) is 6.29. The molecule has 5 rings (SSSR count). The molecule has 0 bridgehead atoms. The third-order valence-electron chi connectivity index (χ3n) is 5.40. The van der Waals surface area contributed by atoms with Crippen LogP contribution in [0.4, 0.5) is 18.9 Å². The van der Waals surface area contributed by atoms with Crippen molar-refractivity contribution in [2.24, 2.45) is 0 Å². The lowest BCUT2D eigenvalue weighted by Crippen LogP contribution is -2.21. The van der Waals surface area contributed by atoms with Crippen LogP contribution in [0.15, 0.2) is 61.2 Å². The van der Waals surface area contributed by atoms with Gasteiger partial charge in [-0.2, -0.15) is 23.4 Å². The molecule has 1 atom stereocenters. The van der Waals surface area contributed by atoms with Crippen LogP contribution < -0.4 is 5.32 Å². The highest BCUT2D eigenvalue weighted by atomic mass is 35.5. The smallest absolute Gasteiger partial charge is 0.320 e. The van der Waals surface area contributed by atoms with Gasteiger partial charge in [-0.3, -0.25) is 14.0 Å². The van der Waals surface area contributed by atoms with Crippen LogP contribution in [0.2, 0.25) is 5.02 Å². The van der Waals surface area contributed by atoms with Crippen molar-refractivity contribution in [3.05, 3.63) is 83.2 Å². The number of anilines is 1. The maximum Gasteiger partial charge on any atom is 0.434 e. The first-order valence-corrected chi connectivity index (χ1v) is 13.7. The van der Waals surface area contributed by atoms with Gasteiger partial charge in [0.05, 0.1) is 55.9 Å². The number of amides is 1. The third kappa shape index (κ3) is 5.66. The molecule has 0 radical (unpaired) electrons. The molecule has 0 spiro atoms. The standard InChI is InChI=1S/C24H18ClF3N8O3S/c1-40(2,38)39-13-15-11-32-36(34-15)22-18(25)9-14(10-30-22)33-23(37)17-12-31-35(21(17)24(26,27)28)20-7-3-6-19-16(20)5-4-8-29-19/h3-12H,1,13H2,2H3,(H,33,37). The Morgan fingerprint density at radius 2 is 1.95 bits per heavy atom. The lowest BCUT2D eigenvalue weighted by molar-refractivity contribution is -0.143. The minimum atomic E-state index is -4.92. The molecule has 40 heavy (non-hydrogen) atoms. The fraction of sp³-hybridized carbons (Fsp3) is 0.125. The number of rotatable bonds is 7. The Morgan fingerprint density at radius 1 is 1.15 bits per heavy atom. The van der Waals surface area contributed by atoms with Gasteiger partial charge >= 0.3 is 6.18 Å². The summed E-state index contributed by atoms with van der Waals surface area (Å²) < 4.78 is 60.0. The number of aromatic nitrogens is 7. The van der Waals surface area contributed by atoms with Gasteiger partial charge in [-0.25, -0.2) is 13.9 Å². The predicted octanol–water partition coefficient (Wildman–Crippen LogP) is 4.10. The van der Waals surface area contributed by atoms with E-state index in [1.54, 1.807) is 24.3 Å². The summed E-state index contributed by atoms with van der Waals surface area (Å²) in [4.78, 5) is 22.3. The topological polar surface area (TPSA) is 130 Å². The number of pyridine rings is 2.